The molecule has 1 aromatic carbocycles. The van der Waals surface area contributed by atoms with Gasteiger partial charge >= 0.3 is 5.97 Å². The number of carbonyl (C=O) groups is 2. The summed E-state index contributed by atoms with van der Waals surface area (Å²) < 4.78 is 0.796. The molecule has 1 aliphatic rings. The maximum atomic E-state index is 12.1. The van der Waals surface area contributed by atoms with Crippen molar-refractivity contribution in [3.05, 3.63) is 28.2 Å². The lowest BCUT2D eigenvalue weighted by Crippen LogP contribution is -2.41. The van der Waals surface area contributed by atoms with Crippen LogP contribution in [0.5, 0.6) is 0 Å². The number of carboxylic acids is 1. The molecule has 1 amide bonds. The molecule has 0 spiro atoms. The Morgan fingerprint density at radius 1 is 1.35 bits per heavy atom. The Morgan fingerprint density at radius 3 is 2.55 bits per heavy atom. The number of carboxylic acid groups (broad SMARTS) is 1. The molecule has 1 aliphatic carbocycles. The zero-order valence-electron chi connectivity index (χ0n) is 11.0. The van der Waals surface area contributed by atoms with Gasteiger partial charge < -0.3 is 16.2 Å². The lowest BCUT2D eigenvalue weighted by Gasteiger charge is -2.24. The van der Waals surface area contributed by atoms with E-state index in [9.17, 15) is 14.7 Å². The van der Waals surface area contributed by atoms with E-state index < -0.39 is 11.4 Å². The van der Waals surface area contributed by atoms with E-state index in [1.165, 1.54) is 0 Å². The molecular weight excluding hydrogens is 324 g/mol. The van der Waals surface area contributed by atoms with E-state index in [-0.39, 0.29) is 12.5 Å². The summed E-state index contributed by atoms with van der Waals surface area (Å²) >= 11 is 3.28. The van der Waals surface area contributed by atoms with Crippen molar-refractivity contribution in [3.63, 3.8) is 0 Å². The Hall–Kier alpha value is -1.56. The van der Waals surface area contributed by atoms with Crippen molar-refractivity contribution in [2.24, 2.45) is 5.41 Å². The number of halogens is 1. The number of carbonyl (C=O) groups excluding carboxylic acids is 1. The molecular formula is C14H17BrN2O3. The van der Waals surface area contributed by atoms with E-state index in [4.69, 9.17) is 5.73 Å². The lowest BCUT2D eigenvalue weighted by molar-refractivity contribution is -0.148. The topological polar surface area (TPSA) is 92.4 Å². The molecule has 2 rings (SSSR count). The molecule has 0 atom stereocenters. The van der Waals surface area contributed by atoms with Gasteiger partial charge in [-0.2, -0.15) is 0 Å². The molecule has 0 saturated heterocycles. The fourth-order valence-corrected chi connectivity index (χ4v) is 2.98. The first-order valence-electron chi connectivity index (χ1n) is 6.51. The molecule has 0 aromatic heterocycles. The predicted octanol–water partition coefficient (Wildman–Crippen LogP) is 2.41. The van der Waals surface area contributed by atoms with Crippen LogP contribution in [-0.2, 0) is 4.79 Å². The van der Waals surface area contributed by atoms with Crippen LogP contribution in [0.1, 0.15) is 36.0 Å². The maximum Gasteiger partial charge on any atom is 0.311 e. The van der Waals surface area contributed by atoms with Crippen molar-refractivity contribution in [3.8, 4) is 0 Å². The van der Waals surface area contributed by atoms with Gasteiger partial charge in [0.1, 0.15) is 0 Å². The third kappa shape index (κ3) is 2.95. The molecule has 4 N–H and O–H groups in total. The summed E-state index contributed by atoms with van der Waals surface area (Å²) in [4.78, 5) is 23.5. The monoisotopic (exact) mass is 340 g/mol. The number of rotatable bonds is 4. The van der Waals surface area contributed by atoms with E-state index in [0.717, 1.165) is 17.3 Å². The van der Waals surface area contributed by atoms with Crippen LogP contribution in [0.4, 0.5) is 5.69 Å². The summed E-state index contributed by atoms with van der Waals surface area (Å²) in [6, 6.07) is 5.00. The van der Waals surface area contributed by atoms with Gasteiger partial charge in [0.25, 0.3) is 5.91 Å². The van der Waals surface area contributed by atoms with Crippen LogP contribution >= 0.6 is 15.9 Å². The van der Waals surface area contributed by atoms with Gasteiger partial charge in [0, 0.05) is 16.7 Å². The molecule has 20 heavy (non-hydrogen) atoms. The number of aliphatic carboxylic acids is 1. The van der Waals surface area contributed by atoms with Gasteiger partial charge in [-0.15, -0.1) is 0 Å². The summed E-state index contributed by atoms with van der Waals surface area (Å²) in [7, 11) is 0. The smallest absolute Gasteiger partial charge is 0.311 e. The van der Waals surface area contributed by atoms with Crippen molar-refractivity contribution in [1.82, 2.24) is 5.32 Å². The van der Waals surface area contributed by atoms with Crippen LogP contribution in [0, 0.1) is 5.41 Å². The van der Waals surface area contributed by atoms with Crippen LogP contribution in [0.15, 0.2) is 22.7 Å². The van der Waals surface area contributed by atoms with Crippen LogP contribution in [-0.4, -0.2) is 23.5 Å². The minimum Gasteiger partial charge on any atom is -0.481 e. The Kier molecular flexibility index (Phi) is 4.32. The van der Waals surface area contributed by atoms with Gasteiger partial charge in [0.15, 0.2) is 0 Å². The zero-order valence-corrected chi connectivity index (χ0v) is 12.6. The molecule has 0 unspecified atom stereocenters. The quantitative estimate of drug-likeness (QED) is 0.734. The first kappa shape index (κ1) is 14.8. The second-order valence-corrected chi connectivity index (χ2v) is 6.12. The molecule has 1 saturated carbocycles. The van der Waals surface area contributed by atoms with E-state index >= 15 is 0 Å². The van der Waals surface area contributed by atoms with Gasteiger partial charge in [0.05, 0.1) is 11.0 Å². The molecule has 1 aromatic rings. The molecule has 108 valence electrons. The van der Waals surface area contributed by atoms with E-state index in [0.29, 0.717) is 24.1 Å². The van der Waals surface area contributed by atoms with Gasteiger partial charge in [-0.3, -0.25) is 9.59 Å². The number of hydrogen-bond donors (Lipinski definition) is 3. The minimum absolute atomic E-state index is 0.149. The first-order chi connectivity index (χ1) is 9.44. The Bertz CT molecular complexity index is 539. The average Bonchev–Trinajstić information content (AvgIpc) is 2.86. The molecule has 0 heterocycles. The van der Waals surface area contributed by atoms with Crippen LogP contribution < -0.4 is 11.1 Å². The summed E-state index contributed by atoms with van der Waals surface area (Å²) in [6.07, 6.45) is 3.00. The van der Waals surface area contributed by atoms with Crippen molar-refractivity contribution >= 4 is 33.5 Å². The highest BCUT2D eigenvalue weighted by molar-refractivity contribution is 9.10. The third-order valence-electron chi connectivity index (χ3n) is 3.86. The largest absolute Gasteiger partial charge is 0.481 e. The second kappa shape index (κ2) is 5.83. The fourth-order valence-electron chi connectivity index (χ4n) is 2.60. The molecule has 1 fully saturated rings. The molecule has 0 aliphatic heterocycles. The number of anilines is 1. The average molecular weight is 341 g/mol. The van der Waals surface area contributed by atoms with Gasteiger partial charge in [-0.05, 0) is 31.0 Å². The highest BCUT2D eigenvalue weighted by Gasteiger charge is 2.41. The molecule has 5 nitrogen and oxygen atoms in total. The number of nitrogens with two attached hydrogens (primary N) is 1. The van der Waals surface area contributed by atoms with Crippen molar-refractivity contribution in [2.45, 2.75) is 25.7 Å². The Morgan fingerprint density at radius 2 is 2.00 bits per heavy atom. The number of nitrogens with one attached hydrogen (secondary N) is 1. The summed E-state index contributed by atoms with van der Waals surface area (Å²) in [5, 5.41) is 12.1. The lowest BCUT2D eigenvalue weighted by atomic mass is 9.86. The zero-order chi connectivity index (χ0) is 14.8. The standard InChI is InChI=1S/C14H17BrN2O3/c15-9-3-4-10(11(16)7-9)12(18)17-8-14(13(19)20)5-1-2-6-14/h3-4,7H,1-2,5-6,8,16H2,(H,17,18)(H,19,20). The van der Waals surface area contributed by atoms with Crippen LogP contribution in [0.3, 0.4) is 0 Å². The predicted molar refractivity (Wildman–Crippen MR) is 79.4 cm³/mol. The van der Waals surface area contributed by atoms with Crippen molar-refractivity contribution in [1.29, 1.82) is 0 Å². The molecule has 0 bridgehead atoms. The number of amides is 1. The highest BCUT2D eigenvalue weighted by atomic mass is 79.9. The Labute approximate surface area is 125 Å². The molecule has 6 heteroatoms. The normalized spacial score (nSPS) is 16.9. The first-order valence-corrected chi connectivity index (χ1v) is 7.30. The maximum absolute atomic E-state index is 12.1. The fraction of sp³-hybridized carbons (Fsp3) is 0.429. The van der Waals surface area contributed by atoms with E-state index in [1.807, 2.05) is 0 Å². The van der Waals surface area contributed by atoms with Gasteiger partial charge in [0.2, 0.25) is 0 Å². The SMILES string of the molecule is Nc1cc(Br)ccc1C(=O)NCC1(C(=O)O)CCCC1. The van der Waals surface area contributed by atoms with Gasteiger partial charge in [-0.1, -0.05) is 28.8 Å². The van der Waals surface area contributed by atoms with Crippen LogP contribution in [0.2, 0.25) is 0 Å². The minimum atomic E-state index is -0.834. The third-order valence-corrected chi connectivity index (χ3v) is 4.35. The van der Waals surface area contributed by atoms with Crippen LogP contribution in [0.25, 0.3) is 0 Å². The number of benzene rings is 1. The second-order valence-electron chi connectivity index (χ2n) is 5.21. The van der Waals surface area contributed by atoms with E-state index in [1.54, 1.807) is 18.2 Å². The number of nitrogen functional groups attached to an aromatic ring is 1. The summed E-state index contributed by atoms with van der Waals surface area (Å²) in [5.41, 5.74) is 5.71. The summed E-state index contributed by atoms with van der Waals surface area (Å²) in [6.45, 7) is 0.149. The van der Waals surface area contributed by atoms with Crippen molar-refractivity contribution < 1.29 is 14.7 Å². The van der Waals surface area contributed by atoms with Gasteiger partial charge in [-0.25, -0.2) is 0 Å². The van der Waals surface area contributed by atoms with Crippen molar-refractivity contribution in [2.75, 3.05) is 12.3 Å². The number of hydrogen-bond acceptors (Lipinski definition) is 3. The Balaban J connectivity index is 2.06. The van der Waals surface area contributed by atoms with E-state index in [2.05, 4.69) is 21.2 Å². The summed E-state index contributed by atoms with van der Waals surface area (Å²) in [5.74, 6) is -1.17. The molecule has 0 radical (unpaired) electrons. The highest BCUT2D eigenvalue weighted by Crippen LogP contribution is 2.37.